The summed E-state index contributed by atoms with van der Waals surface area (Å²) in [7, 11) is 0. The first-order valence-electron chi connectivity index (χ1n) is 54.8. The van der Waals surface area contributed by atoms with Gasteiger partial charge in [0, 0.05) is 94.4 Å². The van der Waals surface area contributed by atoms with E-state index in [4.69, 9.17) is 0 Å². The quantitative estimate of drug-likeness (QED) is 0.107. The largest absolute Gasteiger partial charge is 0.310 e. The molecule has 140 heavy (non-hydrogen) atoms. The average molecular weight is 1820 g/mol. The summed E-state index contributed by atoms with van der Waals surface area (Å²) in [6, 6.07) is 122. The zero-order valence-electron chi connectivity index (χ0n) is 93.7. The predicted molar refractivity (Wildman–Crippen MR) is 600 cm³/mol. The number of rotatable bonds is 13. The lowest BCUT2D eigenvalue weighted by atomic mass is 9.33. The van der Waals surface area contributed by atoms with Crippen LogP contribution in [0.4, 0.5) is 34.1 Å². The van der Waals surface area contributed by atoms with Gasteiger partial charge in [0.2, 0.25) is 0 Å². The molecule has 22 aromatic rings. The van der Waals surface area contributed by atoms with Gasteiger partial charge >= 0.3 is 0 Å². The lowest BCUT2D eigenvalue weighted by molar-refractivity contribution is 0.590. The molecule has 678 valence electrons. The molecular formula is C134H114BN5. The minimum atomic E-state index is -0.884. The molecule has 0 radical (unpaired) electrons. The molecule has 2 aliphatic rings. The maximum absolute atomic E-state index is 11.0. The molecular weight excluding hydrogens is 1690 g/mol. The fourth-order valence-corrected chi connectivity index (χ4v) is 21.2. The van der Waals surface area contributed by atoms with E-state index in [1.165, 1.54) is 0 Å². The van der Waals surface area contributed by atoms with Gasteiger partial charge in [0.05, 0.1) is 60.9 Å². The minimum Gasteiger partial charge on any atom is -0.310 e. The SMILES string of the molecule is [2H]c1c(C(C)(C)C)c([2H])c2c(c1[2H])c1c([2H])c([2H])c(C(C)(C)C)c([2H])c1n2-c1ccc2c(c1)N(c1c(-c3ccccc3)cc(-c3ccccc3)cc1-c1ccccc1)c1cc(-c3ccc4c(c3)c3ccccc3n4-c3ccccc3)cc3c1B2c1ccc(-n2c4c([2H])c(C(C)(C)C)c([2H])c([2H])c4c4c([2H])c([2H])c(C(C)(C)C)c([2H])c42)cc1N3c1c(-c2ccc(-c3ccccc3)cc2)cc(C(C)(C)C)cc1-c1ccc(-c2ccccc2)cc1. The van der Waals surface area contributed by atoms with E-state index in [0.29, 0.717) is 45.0 Å². The number of fused-ring (bicyclic) bond motifs is 13. The summed E-state index contributed by atoms with van der Waals surface area (Å²) in [5.41, 5.74) is 25.3. The first-order valence-corrected chi connectivity index (χ1v) is 48.8. The highest BCUT2D eigenvalue weighted by atomic mass is 15.2. The van der Waals surface area contributed by atoms with E-state index in [1.54, 1.807) is 0 Å². The molecule has 0 aliphatic carbocycles. The van der Waals surface area contributed by atoms with Gasteiger partial charge in [0.15, 0.2) is 0 Å². The highest BCUT2D eigenvalue weighted by Crippen LogP contribution is 2.57. The molecule has 5 nitrogen and oxygen atoms in total. The summed E-state index contributed by atoms with van der Waals surface area (Å²) in [5, 5.41) is 2.59. The van der Waals surface area contributed by atoms with Crippen molar-refractivity contribution in [3.8, 4) is 106 Å². The second-order valence-corrected chi connectivity index (χ2v) is 43.1. The second-order valence-electron chi connectivity index (χ2n) is 43.1. The number of nitrogens with zero attached hydrogens (tertiary/aromatic N) is 5. The molecule has 0 saturated heterocycles. The minimum absolute atomic E-state index is 0.0361. The van der Waals surface area contributed by atoms with Crippen LogP contribution in [0.5, 0.6) is 0 Å². The van der Waals surface area contributed by atoms with E-state index in [0.717, 1.165) is 161 Å². The molecule has 2 aliphatic heterocycles. The maximum Gasteiger partial charge on any atom is 0.252 e. The number of hydrogen-bond donors (Lipinski definition) is 0. The van der Waals surface area contributed by atoms with Crippen molar-refractivity contribution in [1.82, 2.24) is 13.7 Å². The third-order valence-corrected chi connectivity index (χ3v) is 28.6. The van der Waals surface area contributed by atoms with Crippen LogP contribution in [0.3, 0.4) is 0 Å². The Hall–Kier alpha value is -15.8. The molecule has 0 fully saturated rings. The molecule has 0 bridgehead atoms. The van der Waals surface area contributed by atoms with E-state index in [1.807, 2.05) is 116 Å². The Labute approximate surface area is 840 Å². The Morgan fingerprint density at radius 3 is 0.871 bits per heavy atom. The van der Waals surface area contributed by atoms with Crippen molar-refractivity contribution in [3.05, 3.63) is 446 Å². The zero-order valence-corrected chi connectivity index (χ0v) is 81.7. The van der Waals surface area contributed by atoms with Crippen molar-refractivity contribution in [2.24, 2.45) is 0 Å². The standard InChI is InChI=1S/C134H114BN5/c1-130(2,3)97-59-65-106-107-66-60-98(131(4,5)6)80-120(107)137(119(106)79-97)103-63-69-115-123(83-103)139(128-110(90-42-28-19-29-43-90)73-95(87-40-26-18-27-41-87)74-111(128)91-44-30-20-31-45-91)125-75-96(94-58-71-118-114(72-94)105-48-34-35-49-117(105)136(118)102-46-32-21-33-47-102)76-126-127(125)135(115)116-70-64-104(138-121-81-99(132(7,8)9)61-67-108(121)109-68-62-100(82-122(109)138)133(10,11)12)84-124(116)140(126)129-112(92-54-50-88(51-55-92)85-36-22-16-23-37-85)77-101(134(13,14)15)78-113(129)93-56-52-89(53-57-93)86-38-24-17-25-39-86/h16-84H,1-15H3/i59D,60D,61D,62D,65D,66D,67D,68D,79D,80D,81D,82D. The molecule has 6 heteroatoms. The summed E-state index contributed by atoms with van der Waals surface area (Å²) < 4.78 is 132. The molecule has 0 unspecified atom stereocenters. The van der Waals surface area contributed by atoms with Crippen molar-refractivity contribution < 1.29 is 16.4 Å². The average Bonchev–Trinajstić information content (AvgIpc) is 1.67. The molecule has 0 N–H and O–H groups in total. The summed E-state index contributed by atoms with van der Waals surface area (Å²) >= 11 is 0. The highest BCUT2D eigenvalue weighted by Gasteiger charge is 2.47. The van der Waals surface area contributed by atoms with E-state index in [2.05, 4.69) is 357 Å². The van der Waals surface area contributed by atoms with Crippen LogP contribution < -0.4 is 26.2 Å². The second kappa shape index (κ2) is 33.0. The number of anilines is 6. The third-order valence-electron chi connectivity index (χ3n) is 28.6. The van der Waals surface area contributed by atoms with Crippen molar-refractivity contribution in [3.63, 3.8) is 0 Å². The first-order chi connectivity index (χ1) is 72.7. The van der Waals surface area contributed by atoms with Crippen LogP contribution in [-0.4, -0.2) is 20.4 Å². The zero-order chi connectivity index (χ0) is 106. The van der Waals surface area contributed by atoms with Gasteiger partial charge < -0.3 is 23.5 Å². The smallest absolute Gasteiger partial charge is 0.252 e. The van der Waals surface area contributed by atoms with Crippen molar-refractivity contribution in [2.45, 2.75) is 131 Å². The van der Waals surface area contributed by atoms with Crippen molar-refractivity contribution >= 4 is 123 Å². The van der Waals surface area contributed by atoms with Gasteiger partial charge in [-0.25, -0.2) is 0 Å². The Morgan fingerprint density at radius 1 is 0.200 bits per heavy atom. The lowest BCUT2D eigenvalue weighted by Gasteiger charge is -2.46. The summed E-state index contributed by atoms with van der Waals surface area (Å²) in [6.45, 7) is 29.5. The van der Waals surface area contributed by atoms with Crippen LogP contribution in [0.15, 0.2) is 418 Å². The molecule has 3 aromatic heterocycles. The van der Waals surface area contributed by atoms with Crippen LogP contribution in [0.1, 0.15) is 148 Å². The first kappa shape index (κ1) is 74.4. The van der Waals surface area contributed by atoms with E-state index >= 15 is 0 Å². The maximum atomic E-state index is 11.0. The Balaban J connectivity index is 0.941. The van der Waals surface area contributed by atoms with E-state index in [9.17, 15) is 16.4 Å². The van der Waals surface area contributed by atoms with E-state index in [-0.39, 0.29) is 116 Å². The third kappa shape index (κ3) is 14.8. The summed E-state index contributed by atoms with van der Waals surface area (Å²) in [5.74, 6) is 0. The van der Waals surface area contributed by atoms with Gasteiger partial charge in [-0.05, 0) is 253 Å². The van der Waals surface area contributed by atoms with Gasteiger partial charge in [-0.2, -0.15) is 0 Å². The Bertz CT molecular complexity index is 9140. The summed E-state index contributed by atoms with van der Waals surface area (Å²) in [4.78, 5) is 4.99. The number of hydrogen-bond acceptors (Lipinski definition) is 2. The van der Waals surface area contributed by atoms with Gasteiger partial charge in [-0.15, -0.1) is 0 Å². The summed E-state index contributed by atoms with van der Waals surface area (Å²) in [6.07, 6.45) is 0. The van der Waals surface area contributed by atoms with Crippen molar-refractivity contribution in [2.75, 3.05) is 9.80 Å². The molecule has 24 rings (SSSR count). The fourth-order valence-electron chi connectivity index (χ4n) is 21.2. The topological polar surface area (TPSA) is 21.3 Å². The van der Waals surface area contributed by atoms with Gasteiger partial charge in [0.25, 0.3) is 6.71 Å². The highest BCUT2D eigenvalue weighted by molar-refractivity contribution is 7.00. The molecule has 0 spiro atoms. The molecule has 5 heterocycles. The van der Waals surface area contributed by atoms with Crippen LogP contribution in [0.2, 0.25) is 0 Å². The predicted octanol–water partition coefficient (Wildman–Crippen LogP) is 34.9. The van der Waals surface area contributed by atoms with Crippen LogP contribution in [0.25, 0.3) is 171 Å². The van der Waals surface area contributed by atoms with Crippen LogP contribution in [0, 0.1) is 0 Å². The van der Waals surface area contributed by atoms with Crippen molar-refractivity contribution in [1.29, 1.82) is 0 Å². The number of aromatic nitrogens is 3. The number of para-hydroxylation sites is 2. The molecule has 0 saturated carbocycles. The van der Waals surface area contributed by atoms with E-state index < -0.39 is 33.8 Å². The monoisotopic (exact) mass is 1820 g/mol. The van der Waals surface area contributed by atoms with Gasteiger partial charge in [-0.3, -0.25) is 0 Å². The Kier molecular flexibility index (Phi) is 17.5. The number of benzene rings is 19. The van der Waals surface area contributed by atoms with Gasteiger partial charge in [-0.1, -0.05) is 407 Å². The Morgan fingerprint density at radius 2 is 0.493 bits per heavy atom. The molecule has 0 amide bonds. The van der Waals surface area contributed by atoms with Gasteiger partial charge in [0.1, 0.15) is 0 Å². The fraction of sp³-hybridized carbons (Fsp3) is 0.149. The lowest BCUT2D eigenvalue weighted by Crippen LogP contribution is -2.61. The normalized spacial score (nSPS) is 14.1. The van der Waals surface area contributed by atoms with Crippen LogP contribution >= 0.6 is 0 Å². The molecule has 0 atom stereocenters. The van der Waals surface area contributed by atoms with Crippen LogP contribution in [-0.2, 0) is 27.1 Å². The molecule has 19 aromatic carbocycles.